The fraction of sp³-hybridized carbons (Fsp3) is 0.407. The quantitative estimate of drug-likeness (QED) is 0.312. The maximum absolute atomic E-state index is 13.4. The number of methoxy groups -OCH3 is 3. The molecule has 0 bridgehead atoms. The summed E-state index contributed by atoms with van der Waals surface area (Å²) in [5.74, 6) is 0.333. The highest BCUT2D eigenvalue weighted by Gasteiger charge is 2.47. The number of fused-ring (bicyclic) bond motifs is 1. The minimum atomic E-state index is -0.882. The summed E-state index contributed by atoms with van der Waals surface area (Å²) in [4.78, 5) is 30.5. The van der Waals surface area contributed by atoms with E-state index in [-0.39, 0.29) is 24.7 Å². The zero-order chi connectivity index (χ0) is 26.8. The van der Waals surface area contributed by atoms with Crippen LogP contribution < -0.4 is 23.7 Å². The maximum Gasteiger partial charge on any atom is 0.295 e. The number of Topliss-reactive ketones (excluding diaryl/α,β-unsaturated/α-hetero) is 1. The number of nitrogens with zero attached hydrogens (tertiary/aromatic N) is 2. The number of carbonyl (C=O) groups excluding carboxylic acids is 2. The van der Waals surface area contributed by atoms with Crippen LogP contribution in [0.25, 0.3) is 5.76 Å². The first-order chi connectivity index (χ1) is 18.5. The van der Waals surface area contributed by atoms with Gasteiger partial charge in [-0.25, -0.2) is 0 Å². The summed E-state index contributed by atoms with van der Waals surface area (Å²) in [7, 11) is 4.48. The molecule has 0 unspecified atom stereocenters. The van der Waals surface area contributed by atoms with Crippen LogP contribution in [0.1, 0.15) is 17.2 Å². The number of hydrogen-bond acceptors (Lipinski definition) is 10. The second-order valence-corrected chi connectivity index (χ2v) is 8.97. The van der Waals surface area contributed by atoms with E-state index < -0.39 is 17.7 Å². The van der Waals surface area contributed by atoms with Crippen molar-refractivity contribution in [1.29, 1.82) is 0 Å². The van der Waals surface area contributed by atoms with Gasteiger partial charge < -0.3 is 38.4 Å². The lowest BCUT2D eigenvalue weighted by atomic mass is 9.94. The highest BCUT2D eigenvalue weighted by atomic mass is 16.7. The molecular formula is C27H30N2O9. The van der Waals surface area contributed by atoms with Gasteiger partial charge in [-0.05, 0) is 35.9 Å². The first kappa shape index (κ1) is 25.7. The Morgan fingerprint density at radius 3 is 2.39 bits per heavy atom. The molecule has 2 aromatic rings. The molecular weight excluding hydrogens is 496 g/mol. The molecule has 2 fully saturated rings. The van der Waals surface area contributed by atoms with E-state index in [2.05, 4.69) is 4.90 Å². The van der Waals surface area contributed by atoms with Crippen LogP contribution in [0, 0.1) is 0 Å². The summed E-state index contributed by atoms with van der Waals surface area (Å²) in [5.41, 5.74) is 0.825. The molecule has 0 radical (unpaired) electrons. The fourth-order valence-electron chi connectivity index (χ4n) is 4.98. The second-order valence-electron chi connectivity index (χ2n) is 8.97. The molecule has 3 aliphatic rings. The lowest BCUT2D eigenvalue weighted by molar-refractivity contribution is -0.140. The Hall–Kier alpha value is -3.96. The molecule has 0 aromatic heterocycles. The Balaban J connectivity index is 1.61. The number of ether oxygens (including phenoxy) is 6. The first-order valence-corrected chi connectivity index (χ1v) is 12.2. The van der Waals surface area contributed by atoms with Crippen LogP contribution in [0.4, 0.5) is 0 Å². The van der Waals surface area contributed by atoms with Crippen molar-refractivity contribution >= 4 is 17.4 Å². The fourth-order valence-corrected chi connectivity index (χ4v) is 4.98. The molecule has 2 aromatic carbocycles. The van der Waals surface area contributed by atoms with Crippen molar-refractivity contribution < 1.29 is 43.1 Å². The number of aliphatic hydroxyl groups is 1. The zero-order valence-electron chi connectivity index (χ0n) is 21.5. The summed E-state index contributed by atoms with van der Waals surface area (Å²) >= 11 is 0. The number of amides is 1. The van der Waals surface area contributed by atoms with Crippen LogP contribution in [-0.4, -0.2) is 94.1 Å². The SMILES string of the molecule is COc1ccc(C(O)=C2C(=O)C(=O)N(CCN3CCOCC3)[C@H]2c2cc(OC)c3c(c2)OCO3)cc1OC. The van der Waals surface area contributed by atoms with Crippen LogP contribution >= 0.6 is 0 Å². The summed E-state index contributed by atoms with van der Waals surface area (Å²) in [6.45, 7) is 3.54. The van der Waals surface area contributed by atoms with Gasteiger partial charge in [0.15, 0.2) is 23.0 Å². The molecule has 1 amide bonds. The van der Waals surface area contributed by atoms with Crippen molar-refractivity contribution in [3.63, 3.8) is 0 Å². The van der Waals surface area contributed by atoms with E-state index in [0.717, 1.165) is 13.1 Å². The number of aliphatic hydroxyl groups excluding tert-OH is 1. The molecule has 1 N–H and O–H groups in total. The molecule has 2 saturated heterocycles. The number of ketones is 1. The van der Waals surface area contributed by atoms with E-state index in [4.69, 9.17) is 28.4 Å². The molecule has 11 nitrogen and oxygen atoms in total. The van der Waals surface area contributed by atoms with E-state index in [1.165, 1.54) is 26.2 Å². The molecule has 38 heavy (non-hydrogen) atoms. The van der Waals surface area contributed by atoms with E-state index in [1.54, 1.807) is 30.3 Å². The smallest absolute Gasteiger partial charge is 0.295 e. The van der Waals surface area contributed by atoms with Gasteiger partial charge in [0.2, 0.25) is 12.5 Å². The van der Waals surface area contributed by atoms with Crippen LogP contribution in [0.3, 0.4) is 0 Å². The van der Waals surface area contributed by atoms with Crippen LogP contribution in [0.15, 0.2) is 35.9 Å². The predicted octanol–water partition coefficient (Wildman–Crippen LogP) is 2.20. The van der Waals surface area contributed by atoms with Crippen molar-refractivity contribution in [3.8, 4) is 28.7 Å². The minimum absolute atomic E-state index is 0.0258. The molecule has 11 heteroatoms. The lowest BCUT2D eigenvalue weighted by Gasteiger charge is -2.31. The van der Waals surface area contributed by atoms with Gasteiger partial charge in [-0.15, -0.1) is 0 Å². The highest BCUT2D eigenvalue weighted by molar-refractivity contribution is 6.46. The van der Waals surface area contributed by atoms with Gasteiger partial charge in [0.25, 0.3) is 11.7 Å². The van der Waals surface area contributed by atoms with Crippen molar-refractivity contribution in [2.24, 2.45) is 0 Å². The van der Waals surface area contributed by atoms with Crippen molar-refractivity contribution in [2.75, 3.05) is 67.5 Å². The number of rotatable bonds is 8. The maximum atomic E-state index is 13.4. The van der Waals surface area contributed by atoms with Gasteiger partial charge in [0.05, 0.1) is 46.2 Å². The Morgan fingerprint density at radius 2 is 1.68 bits per heavy atom. The summed E-state index contributed by atoms with van der Waals surface area (Å²) < 4.78 is 32.7. The Labute approximate surface area is 220 Å². The molecule has 3 heterocycles. The Bertz CT molecular complexity index is 1270. The normalized spacial score (nSPS) is 20.6. The molecule has 0 saturated carbocycles. The van der Waals surface area contributed by atoms with Crippen LogP contribution in [-0.2, 0) is 14.3 Å². The van der Waals surface area contributed by atoms with Gasteiger partial charge in [-0.3, -0.25) is 14.5 Å². The Morgan fingerprint density at radius 1 is 0.947 bits per heavy atom. The minimum Gasteiger partial charge on any atom is -0.507 e. The van der Waals surface area contributed by atoms with Crippen molar-refractivity contribution in [3.05, 3.63) is 47.0 Å². The van der Waals surface area contributed by atoms with Gasteiger partial charge in [0.1, 0.15) is 5.76 Å². The third-order valence-electron chi connectivity index (χ3n) is 6.95. The number of morpholine rings is 1. The van der Waals surface area contributed by atoms with Gasteiger partial charge in [-0.1, -0.05) is 0 Å². The number of hydrogen-bond donors (Lipinski definition) is 1. The summed E-state index contributed by atoms with van der Waals surface area (Å²) in [5, 5.41) is 11.4. The summed E-state index contributed by atoms with van der Waals surface area (Å²) in [6.07, 6.45) is 0. The largest absolute Gasteiger partial charge is 0.507 e. The van der Waals surface area contributed by atoms with E-state index in [1.807, 2.05) is 0 Å². The van der Waals surface area contributed by atoms with Gasteiger partial charge in [0, 0.05) is 31.7 Å². The second kappa shape index (κ2) is 10.8. The molecule has 3 aliphatic heterocycles. The zero-order valence-corrected chi connectivity index (χ0v) is 21.5. The topological polar surface area (TPSA) is 116 Å². The Kier molecular flexibility index (Phi) is 7.30. The monoisotopic (exact) mass is 526 g/mol. The number of carbonyl (C=O) groups is 2. The van der Waals surface area contributed by atoms with Crippen molar-refractivity contribution in [2.45, 2.75) is 6.04 Å². The predicted molar refractivity (Wildman–Crippen MR) is 135 cm³/mol. The lowest BCUT2D eigenvalue weighted by Crippen LogP contribution is -2.42. The van der Waals surface area contributed by atoms with Crippen molar-refractivity contribution in [1.82, 2.24) is 9.80 Å². The van der Waals surface area contributed by atoms with Crippen LogP contribution in [0.2, 0.25) is 0 Å². The van der Waals surface area contributed by atoms with Crippen LogP contribution in [0.5, 0.6) is 28.7 Å². The van der Waals surface area contributed by atoms with Gasteiger partial charge >= 0.3 is 0 Å². The van der Waals surface area contributed by atoms with Gasteiger partial charge in [-0.2, -0.15) is 0 Å². The average Bonchev–Trinajstić information content (AvgIpc) is 3.53. The first-order valence-electron chi connectivity index (χ1n) is 12.2. The molecule has 202 valence electrons. The standard InChI is InChI=1S/C27H30N2O9/c1-33-18-5-4-16(12-19(18)34-2)24(30)22-23(17-13-20(35-3)26-21(14-17)37-15-38-26)29(27(32)25(22)31)7-6-28-8-10-36-11-9-28/h4-5,12-14,23,30H,6-11,15H2,1-3H3/t23-/m0/s1. The number of likely N-dealkylation sites (tertiary alicyclic amines) is 1. The molecule has 0 aliphatic carbocycles. The van der Waals surface area contributed by atoms with E-state index >= 15 is 0 Å². The summed E-state index contributed by atoms with van der Waals surface area (Å²) in [6, 6.07) is 7.33. The average molecular weight is 527 g/mol. The third kappa shape index (κ3) is 4.59. The van der Waals surface area contributed by atoms with E-state index in [9.17, 15) is 14.7 Å². The highest BCUT2D eigenvalue weighted by Crippen LogP contribution is 2.47. The van der Waals surface area contributed by atoms with E-state index in [0.29, 0.717) is 59.6 Å². The molecule has 0 spiro atoms. The molecule has 5 rings (SSSR count). The number of benzene rings is 2. The molecule has 1 atom stereocenters. The third-order valence-corrected chi connectivity index (χ3v) is 6.95.